The van der Waals surface area contributed by atoms with Crippen LogP contribution in [0, 0.1) is 11.8 Å². The van der Waals surface area contributed by atoms with Crippen molar-refractivity contribution in [2.75, 3.05) is 13.1 Å². The summed E-state index contributed by atoms with van der Waals surface area (Å²) in [6.07, 6.45) is 7.70. The summed E-state index contributed by atoms with van der Waals surface area (Å²) in [5, 5.41) is 10.6. The number of likely N-dealkylation sites (tertiary alicyclic amines) is 1. The SMILES string of the molecule is CCCC(C)CC(=O)N1CCCC(C(O)c2nccn2C)C1. The molecule has 0 aliphatic carbocycles. The molecule has 1 amide bonds. The average molecular weight is 307 g/mol. The summed E-state index contributed by atoms with van der Waals surface area (Å²) in [6, 6.07) is 0. The van der Waals surface area contributed by atoms with E-state index in [1.807, 2.05) is 22.7 Å². The molecular formula is C17H29N3O2. The van der Waals surface area contributed by atoms with Gasteiger partial charge >= 0.3 is 0 Å². The van der Waals surface area contributed by atoms with Crippen LogP contribution < -0.4 is 0 Å². The van der Waals surface area contributed by atoms with Crippen LogP contribution in [0.4, 0.5) is 0 Å². The molecule has 1 aromatic rings. The standard InChI is InChI=1S/C17H29N3O2/c1-4-6-13(2)11-15(21)20-9-5-7-14(12-20)16(22)17-18-8-10-19(17)3/h8,10,13-14,16,22H,4-7,9,11-12H2,1-3H3. The molecule has 1 fully saturated rings. The summed E-state index contributed by atoms with van der Waals surface area (Å²) in [6.45, 7) is 5.76. The molecule has 22 heavy (non-hydrogen) atoms. The number of hydrogen-bond donors (Lipinski definition) is 1. The lowest BCUT2D eigenvalue weighted by molar-refractivity contribution is -0.135. The summed E-state index contributed by atoms with van der Waals surface area (Å²) >= 11 is 0. The van der Waals surface area contributed by atoms with Crippen LogP contribution in [-0.2, 0) is 11.8 Å². The molecule has 5 nitrogen and oxygen atoms in total. The van der Waals surface area contributed by atoms with Crippen LogP contribution in [-0.4, -0.2) is 38.6 Å². The van der Waals surface area contributed by atoms with Gasteiger partial charge in [-0.25, -0.2) is 4.98 Å². The highest BCUT2D eigenvalue weighted by molar-refractivity contribution is 5.76. The molecule has 3 unspecified atom stereocenters. The molecule has 1 N–H and O–H groups in total. The van der Waals surface area contributed by atoms with Crippen molar-refractivity contribution >= 4 is 5.91 Å². The van der Waals surface area contributed by atoms with Crippen LogP contribution in [0.2, 0.25) is 0 Å². The Morgan fingerprint density at radius 2 is 2.32 bits per heavy atom. The van der Waals surface area contributed by atoms with Gasteiger partial charge in [0.2, 0.25) is 5.91 Å². The number of aryl methyl sites for hydroxylation is 1. The molecule has 1 aliphatic rings. The molecule has 2 heterocycles. The van der Waals surface area contributed by atoms with Gasteiger partial charge in [0.15, 0.2) is 0 Å². The number of aliphatic hydroxyl groups excluding tert-OH is 1. The molecule has 0 bridgehead atoms. The maximum absolute atomic E-state index is 12.4. The number of hydrogen-bond acceptors (Lipinski definition) is 3. The highest BCUT2D eigenvalue weighted by atomic mass is 16.3. The van der Waals surface area contributed by atoms with Crippen LogP contribution in [0.5, 0.6) is 0 Å². The Morgan fingerprint density at radius 1 is 1.55 bits per heavy atom. The van der Waals surface area contributed by atoms with Crippen molar-refractivity contribution in [1.82, 2.24) is 14.5 Å². The second kappa shape index (κ2) is 7.77. The van der Waals surface area contributed by atoms with Crippen molar-refractivity contribution in [3.63, 3.8) is 0 Å². The van der Waals surface area contributed by atoms with E-state index >= 15 is 0 Å². The first-order valence-electron chi connectivity index (χ1n) is 8.46. The predicted molar refractivity (Wildman–Crippen MR) is 86.2 cm³/mol. The second-order valence-corrected chi connectivity index (χ2v) is 6.68. The van der Waals surface area contributed by atoms with Crippen molar-refractivity contribution in [3.05, 3.63) is 18.2 Å². The lowest BCUT2D eigenvalue weighted by atomic mass is 9.91. The second-order valence-electron chi connectivity index (χ2n) is 6.68. The van der Waals surface area contributed by atoms with Crippen LogP contribution in [0.3, 0.4) is 0 Å². The fraction of sp³-hybridized carbons (Fsp3) is 0.765. The molecule has 1 aromatic heterocycles. The Bertz CT molecular complexity index is 486. The first-order chi connectivity index (χ1) is 10.5. The number of aliphatic hydroxyl groups is 1. The van der Waals surface area contributed by atoms with Crippen LogP contribution in [0.25, 0.3) is 0 Å². The number of piperidine rings is 1. The molecule has 5 heteroatoms. The molecule has 2 rings (SSSR count). The molecule has 1 saturated heterocycles. The number of aromatic nitrogens is 2. The predicted octanol–water partition coefficient (Wildman–Crippen LogP) is 2.52. The molecule has 1 aliphatic heterocycles. The van der Waals surface area contributed by atoms with E-state index in [4.69, 9.17) is 0 Å². The number of carbonyl (C=O) groups excluding carboxylic acids is 1. The first kappa shape index (κ1) is 17.0. The molecule has 0 radical (unpaired) electrons. The molecular weight excluding hydrogens is 278 g/mol. The smallest absolute Gasteiger partial charge is 0.222 e. The maximum atomic E-state index is 12.4. The van der Waals surface area contributed by atoms with Crippen molar-refractivity contribution in [2.45, 2.75) is 52.1 Å². The third kappa shape index (κ3) is 4.09. The van der Waals surface area contributed by atoms with E-state index in [1.54, 1.807) is 6.20 Å². The lowest BCUT2D eigenvalue weighted by Gasteiger charge is -2.35. The molecule has 124 valence electrons. The summed E-state index contributed by atoms with van der Waals surface area (Å²) in [5.41, 5.74) is 0. The Kier molecular flexibility index (Phi) is 6.00. The lowest BCUT2D eigenvalue weighted by Crippen LogP contribution is -2.42. The van der Waals surface area contributed by atoms with Crippen LogP contribution in [0.15, 0.2) is 12.4 Å². The highest BCUT2D eigenvalue weighted by Gasteiger charge is 2.31. The summed E-state index contributed by atoms with van der Waals surface area (Å²) in [5.74, 6) is 1.45. The minimum Gasteiger partial charge on any atom is -0.385 e. The topological polar surface area (TPSA) is 58.4 Å². The number of imidazole rings is 1. The number of rotatable bonds is 6. The van der Waals surface area contributed by atoms with Gasteiger partial charge in [-0.3, -0.25) is 4.79 Å². The largest absolute Gasteiger partial charge is 0.385 e. The summed E-state index contributed by atoms with van der Waals surface area (Å²) in [7, 11) is 1.89. The quantitative estimate of drug-likeness (QED) is 0.878. The molecule has 0 aromatic carbocycles. The third-order valence-corrected chi connectivity index (χ3v) is 4.68. The van der Waals surface area contributed by atoms with Gasteiger partial charge in [-0.1, -0.05) is 26.7 Å². The maximum Gasteiger partial charge on any atom is 0.222 e. The van der Waals surface area contributed by atoms with Gasteiger partial charge in [0.05, 0.1) is 0 Å². The van der Waals surface area contributed by atoms with Crippen molar-refractivity contribution < 1.29 is 9.90 Å². The Hall–Kier alpha value is -1.36. The van der Waals surface area contributed by atoms with Crippen molar-refractivity contribution in [3.8, 4) is 0 Å². The normalized spacial score (nSPS) is 21.6. The average Bonchev–Trinajstić information content (AvgIpc) is 2.93. The van der Waals surface area contributed by atoms with E-state index in [1.165, 1.54) is 0 Å². The van der Waals surface area contributed by atoms with Gasteiger partial charge in [0, 0.05) is 44.9 Å². The summed E-state index contributed by atoms with van der Waals surface area (Å²) in [4.78, 5) is 18.6. The van der Waals surface area contributed by atoms with E-state index in [2.05, 4.69) is 18.8 Å². The fourth-order valence-corrected chi connectivity index (χ4v) is 3.39. The van der Waals surface area contributed by atoms with E-state index < -0.39 is 6.10 Å². The Morgan fingerprint density at radius 3 is 2.95 bits per heavy atom. The zero-order valence-corrected chi connectivity index (χ0v) is 14.0. The zero-order chi connectivity index (χ0) is 16.1. The monoisotopic (exact) mass is 307 g/mol. The number of amides is 1. The van der Waals surface area contributed by atoms with Crippen LogP contribution >= 0.6 is 0 Å². The third-order valence-electron chi connectivity index (χ3n) is 4.68. The van der Waals surface area contributed by atoms with Gasteiger partial charge in [-0.2, -0.15) is 0 Å². The van der Waals surface area contributed by atoms with Gasteiger partial charge in [0.25, 0.3) is 0 Å². The minimum atomic E-state index is -0.594. The fourth-order valence-electron chi connectivity index (χ4n) is 3.39. The minimum absolute atomic E-state index is 0.0836. The summed E-state index contributed by atoms with van der Waals surface area (Å²) < 4.78 is 1.86. The molecule has 0 spiro atoms. The van der Waals surface area contributed by atoms with Crippen molar-refractivity contribution in [1.29, 1.82) is 0 Å². The Balaban J connectivity index is 1.94. The van der Waals surface area contributed by atoms with Gasteiger partial charge < -0.3 is 14.6 Å². The van der Waals surface area contributed by atoms with Crippen LogP contribution in [0.1, 0.15) is 57.9 Å². The van der Waals surface area contributed by atoms with Gasteiger partial charge in [-0.15, -0.1) is 0 Å². The van der Waals surface area contributed by atoms with E-state index in [0.29, 0.717) is 24.7 Å². The Labute approximate surface area is 133 Å². The van der Waals surface area contributed by atoms with Crippen molar-refractivity contribution in [2.24, 2.45) is 18.9 Å². The van der Waals surface area contributed by atoms with E-state index in [0.717, 1.165) is 32.2 Å². The number of carbonyl (C=O) groups is 1. The highest BCUT2D eigenvalue weighted by Crippen LogP contribution is 2.29. The van der Waals surface area contributed by atoms with Gasteiger partial charge in [0.1, 0.15) is 11.9 Å². The number of nitrogens with zero attached hydrogens (tertiary/aromatic N) is 3. The first-order valence-corrected chi connectivity index (χ1v) is 8.46. The van der Waals surface area contributed by atoms with Gasteiger partial charge in [-0.05, 0) is 18.8 Å². The van der Waals surface area contributed by atoms with E-state index in [-0.39, 0.29) is 11.8 Å². The molecule has 0 saturated carbocycles. The van der Waals surface area contributed by atoms with E-state index in [9.17, 15) is 9.90 Å². The zero-order valence-electron chi connectivity index (χ0n) is 14.0. The molecule has 3 atom stereocenters.